The third-order valence-corrected chi connectivity index (χ3v) is 4.50. The number of hydrogen-bond acceptors (Lipinski definition) is 3. The molecule has 0 aromatic carbocycles. The number of rotatable bonds is 4. The second-order valence-corrected chi connectivity index (χ2v) is 6.19. The summed E-state index contributed by atoms with van der Waals surface area (Å²) < 4.78 is 59.7. The Morgan fingerprint density at radius 2 is 1.86 bits per heavy atom. The highest BCUT2D eigenvalue weighted by Gasteiger charge is 2.54. The molecule has 3 nitrogen and oxygen atoms in total. The van der Waals surface area contributed by atoms with Crippen molar-refractivity contribution in [3.63, 3.8) is 0 Å². The largest absolute Gasteiger partial charge is 0.411 e. The monoisotopic (exact) mass is 252 g/mol. The second kappa shape index (κ2) is 3.53. The van der Waals surface area contributed by atoms with Crippen LogP contribution in [0.3, 0.4) is 0 Å². The van der Waals surface area contributed by atoms with Crippen LogP contribution in [0.15, 0.2) is 0 Å². The van der Waals surface area contributed by atoms with E-state index in [1.165, 1.54) is 0 Å². The predicted octanol–water partition coefficient (Wildman–Crippen LogP) is 1.67. The summed E-state index contributed by atoms with van der Waals surface area (Å²) in [6.45, 7) is -1.93. The fourth-order valence-corrected chi connectivity index (χ4v) is 2.36. The van der Waals surface area contributed by atoms with Crippen LogP contribution in [0, 0.1) is 0 Å². The molecule has 0 aromatic rings. The maximum absolute atomic E-state index is 11.6. The first-order valence-electron chi connectivity index (χ1n) is 3.75. The SMILES string of the molecule is O=S(=O)(Cl)C1(COCC(F)(F)F)CC1. The van der Waals surface area contributed by atoms with E-state index in [9.17, 15) is 21.6 Å². The molecule has 0 saturated heterocycles. The molecule has 8 heteroatoms. The summed E-state index contributed by atoms with van der Waals surface area (Å²) >= 11 is 0. The molecule has 1 aliphatic carbocycles. The van der Waals surface area contributed by atoms with Crippen molar-refractivity contribution in [3.8, 4) is 0 Å². The van der Waals surface area contributed by atoms with Crippen LogP contribution in [0.1, 0.15) is 12.8 Å². The third-order valence-electron chi connectivity index (χ3n) is 1.96. The van der Waals surface area contributed by atoms with Crippen LogP contribution in [-0.2, 0) is 13.8 Å². The summed E-state index contributed by atoms with van der Waals surface area (Å²) in [7, 11) is 1.22. The van der Waals surface area contributed by atoms with Crippen LogP contribution in [0.4, 0.5) is 13.2 Å². The zero-order valence-electron chi connectivity index (χ0n) is 6.97. The molecule has 0 heterocycles. The molecule has 1 saturated carbocycles. The maximum Gasteiger partial charge on any atom is 0.411 e. The van der Waals surface area contributed by atoms with Crippen LogP contribution in [-0.4, -0.2) is 32.6 Å². The van der Waals surface area contributed by atoms with Crippen molar-refractivity contribution in [2.45, 2.75) is 23.8 Å². The minimum Gasteiger partial charge on any atom is -0.370 e. The molecule has 0 amide bonds. The molecule has 1 fully saturated rings. The normalized spacial score (nSPS) is 20.9. The van der Waals surface area contributed by atoms with Gasteiger partial charge in [-0.1, -0.05) is 0 Å². The summed E-state index contributed by atoms with van der Waals surface area (Å²) in [5.41, 5.74) is 0. The number of hydrogen-bond donors (Lipinski definition) is 0. The topological polar surface area (TPSA) is 43.4 Å². The number of ether oxygens (including phenoxy) is 1. The van der Waals surface area contributed by atoms with Gasteiger partial charge in [0.05, 0.1) is 6.61 Å². The Kier molecular flexibility index (Phi) is 3.04. The van der Waals surface area contributed by atoms with E-state index in [1.54, 1.807) is 0 Å². The van der Waals surface area contributed by atoms with Crippen molar-refractivity contribution in [1.82, 2.24) is 0 Å². The zero-order chi connectivity index (χ0) is 11.0. The van der Waals surface area contributed by atoms with Gasteiger partial charge in [-0.15, -0.1) is 0 Å². The van der Waals surface area contributed by atoms with Gasteiger partial charge in [-0.3, -0.25) is 0 Å². The first-order valence-corrected chi connectivity index (χ1v) is 6.06. The molecule has 0 unspecified atom stereocenters. The van der Waals surface area contributed by atoms with E-state index in [0.717, 1.165) is 0 Å². The predicted molar refractivity (Wildman–Crippen MR) is 43.6 cm³/mol. The Labute approximate surface area is 83.6 Å². The van der Waals surface area contributed by atoms with Crippen LogP contribution in [0.5, 0.6) is 0 Å². The van der Waals surface area contributed by atoms with Gasteiger partial charge in [0.2, 0.25) is 9.05 Å². The molecular formula is C6H8ClF3O3S. The van der Waals surface area contributed by atoms with Crippen molar-refractivity contribution >= 4 is 19.7 Å². The molecule has 1 aliphatic rings. The first-order chi connectivity index (χ1) is 6.16. The van der Waals surface area contributed by atoms with Crippen molar-refractivity contribution in [3.05, 3.63) is 0 Å². The minimum atomic E-state index is -4.44. The lowest BCUT2D eigenvalue weighted by molar-refractivity contribution is -0.174. The van der Waals surface area contributed by atoms with Gasteiger partial charge in [0.25, 0.3) is 0 Å². The Balaban J connectivity index is 2.40. The lowest BCUT2D eigenvalue weighted by atomic mass is 10.4. The third kappa shape index (κ3) is 2.99. The molecule has 0 spiro atoms. The van der Waals surface area contributed by atoms with E-state index in [2.05, 4.69) is 4.74 Å². The van der Waals surface area contributed by atoms with E-state index in [0.29, 0.717) is 0 Å². The van der Waals surface area contributed by atoms with Crippen molar-refractivity contribution in [2.24, 2.45) is 0 Å². The van der Waals surface area contributed by atoms with Crippen molar-refractivity contribution in [2.75, 3.05) is 13.2 Å². The standard InChI is InChI=1S/C6H8ClF3O3S/c7-14(11,12)5(1-2-5)3-13-4-6(8,9)10/h1-4H2. The first kappa shape index (κ1) is 12.1. The summed E-state index contributed by atoms with van der Waals surface area (Å²) in [6, 6.07) is 0. The fourth-order valence-electron chi connectivity index (χ4n) is 0.951. The van der Waals surface area contributed by atoms with E-state index in [-0.39, 0.29) is 12.8 Å². The summed E-state index contributed by atoms with van der Waals surface area (Å²) in [6.07, 6.45) is -3.92. The van der Waals surface area contributed by atoms with E-state index in [4.69, 9.17) is 10.7 Å². The van der Waals surface area contributed by atoms with Gasteiger partial charge in [-0.2, -0.15) is 13.2 Å². The molecule has 0 radical (unpaired) electrons. The Bertz CT molecular complexity index is 307. The zero-order valence-corrected chi connectivity index (χ0v) is 8.55. The maximum atomic E-state index is 11.6. The highest BCUT2D eigenvalue weighted by Crippen LogP contribution is 2.45. The van der Waals surface area contributed by atoms with Gasteiger partial charge in [0.15, 0.2) is 0 Å². The molecule has 0 bridgehead atoms. The van der Waals surface area contributed by atoms with Gasteiger partial charge in [-0.25, -0.2) is 8.42 Å². The summed E-state index contributed by atoms with van der Waals surface area (Å²) in [5, 5.41) is 0. The lowest BCUT2D eigenvalue weighted by Crippen LogP contribution is -2.28. The van der Waals surface area contributed by atoms with Gasteiger partial charge in [0, 0.05) is 10.7 Å². The molecule has 14 heavy (non-hydrogen) atoms. The lowest BCUT2D eigenvalue weighted by Gasteiger charge is -2.12. The van der Waals surface area contributed by atoms with Gasteiger partial charge in [-0.05, 0) is 12.8 Å². The second-order valence-electron chi connectivity index (χ2n) is 3.23. The van der Waals surface area contributed by atoms with Crippen LogP contribution < -0.4 is 0 Å². The van der Waals surface area contributed by atoms with Crippen molar-refractivity contribution in [1.29, 1.82) is 0 Å². The van der Waals surface area contributed by atoms with Crippen LogP contribution in [0.2, 0.25) is 0 Å². The fraction of sp³-hybridized carbons (Fsp3) is 1.00. The Hall–Kier alpha value is -0.0100. The van der Waals surface area contributed by atoms with Crippen LogP contribution in [0.25, 0.3) is 0 Å². The number of alkyl halides is 3. The van der Waals surface area contributed by atoms with E-state index >= 15 is 0 Å². The van der Waals surface area contributed by atoms with Crippen LogP contribution >= 0.6 is 10.7 Å². The van der Waals surface area contributed by atoms with Gasteiger partial charge >= 0.3 is 6.18 Å². The van der Waals surface area contributed by atoms with E-state index in [1.807, 2.05) is 0 Å². The molecule has 0 N–H and O–H groups in total. The van der Waals surface area contributed by atoms with E-state index < -0.39 is 33.2 Å². The molecular weight excluding hydrogens is 245 g/mol. The Morgan fingerprint density at radius 1 is 1.36 bits per heavy atom. The van der Waals surface area contributed by atoms with Gasteiger partial charge < -0.3 is 4.74 Å². The molecule has 0 atom stereocenters. The molecule has 1 rings (SSSR count). The number of halogens is 4. The average molecular weight is 253 g/mol. The smallest absolute Gasteiger partial charge is 0.370 e. The summed E-state index contributed by atoms with van der Waals surface area (Å²) in [4.78, 5) is 0. The quantitative estimate of drug-likeness (QED) is 0.715. The summed E-state index contributed by atoms with van der Waals surface area (Å²) in [5.74, 6) is 0. The highest BCUT2D eigenvalue weighted by atomic mass is 35.7. The highest BCUT2D eigenvalue weighted by molar-refractivity contribution is 8.15. The molecule has 84 valence electrons. The minimum absolute atomic E-state index is 0.261. The van der Waals surface area contributed by atoms with Gasteiger partial charge in [0.1, 0.15) is 11.4 Å². The average Bonchev–Trinajstić information content (AvgIpc) is 2.63. The molecule has 0 aliphatic heterocycles. The molecule has 0 aromatic heterocycles. The Morgan fingerprint density at radius 3 is 2.14 bits per heavy atom. The van der Waals surface area contributed by atoms with Crippen molar-refractivity contribution < 1.29 is 26.3 Å².